The number of benzene rings is 2. The summed E-state index contributed by atoms with van der Waals surface area (Å²) >= 11 is 1.36. The van der Waals surface area contributed by atoms with Gasteiger partial charge in [-0.05, 0) is 60.2 Å². The summed E-state index contributed by atoms with van der Waals surface area (Å²) in [6.45, 7) is 4.19. The molecule has 3 aromatic rings. The Morgan fingerprint density at radius 3 is 2.70 bits per heavy atom. The molecule has 7 nitrogen and oxygen atoms in total. The van der Waals surface area contributed by atoms with Crippen LogP contribution < -0.4 is 4.74 Å². The number of aliphatic hydroxyl groups excluding tert-OH is 1. The van der Waals surface area contributed by atoms with Gasteiger partial charge in [-0.3, -0.25) is 0 Å². The van der Waals surface area contributed by atoms with Gasteiger partial charge in [0.1, 0.15) is 12.4 Å². The summed E-state index contributed by atoms with van der Waals surface area (Å²) in [5.41, 5.74) is 3.73. The van der Waals surface area contributed by atoms with Crippen molar-refractivity contribution in [3.8, 4) is 17.5 Å². The zero-order valence-electron chi connectivity index (χ0n) is 15.0. The fraction of sp³-hybridized carbons (Fsp3) is 0.263. The molecule has 138 valence electrons. The van der Waals surface area contributed by atoms with Crippen LogP contribution in [0.2, 0.25) is 0 Å². The first-order chi connectivity index (χ1) is 13.1. The van der Waals surface area contributed by atoms with Crippen molar-refractivity contribution in [2.24, 2.45) is 0 Å². The summed E-state index contributed by atoms with van der Waals surface area (Å²) in [4.78, 5) is 0. The number of nitrogens with zero attached hydrogens (tertiary/aromatic N) is 5. The van der Waals surface area contributed by atoms with Crippen molar-refractivity contribution in [3.05, 3.63) is 59.2 Å². The molecule has 0 saturated carbocycles. The fourth-order valence-electron chi connectivity index (χ4n) is 2.50. The number of thioether (sulfide) groups is 1. The third-order valence-electron chi connectivity index (χ3n) is 3.85. The van der Waals surface area contributed by atoms with Gasteiger partial charge in [0.25, 0.3) is 0 Å². The molecular weight excluding hydrogens is 362 g/mol. The minimum absolute atomic E-state index is 0.143. The maximum atomic E-state index is 10.2. The zero-order chi connectivity index (χ0) is 19.2. The number of tetrazole rings is 1. The lowest BCUT2D eigenvalue weighted by Crippen LogP contribution is -2.20. The Hall–Kier alpha value is -2.89. The first-order valence-electron chi connectivity index (χ1n) is 8.36. The molecule has 0 aliphatic rings. The Kier molecular flexibility index (Phi) is 6.06. The van der Waals surface area contributed by atoms with Gasteiger partial charge in [0, 0.05) is 5.75 Å². The predicted molar refractivity (Wildman–Crippen MR) is 102 cm³/mol. The molecule has 0 aliphatic heterocycles. The quantitative estimate of drug-likeness (QED) is 0.628. The maximum Gasteiger partial charge on any atom is 0.214 e. The monoisotopic (exact) mass is 381 g/mol. The number of rotatable bonds is 7. The van der Waals surface area contributed by atoms with Crippen LogP contribution in [0.4, 0.5) is 0 Å². The zero-order valence-corrected chi connectivity index (χ0v) is 15.8. The van der Waals surface area contributed by atoms with Crippen LogP contribution in [0.1, 0.15) is 16.7 Å². The molecule has 0 fully saturated rings. The van der Waals surface area contributed by atoms with Crippen LogP contribution >= 0.6 is 11.8 Å². The van der Waals surface area contributed by atoms with Crippen molar-refractivity contribution in [2.45, 2.75) is 25.1 Å². The number of aliphatic hydroxyl groups is 1. The van der Waals surface area contributed by atoms with E-state index in [1.165, 1.54) is 17.3 Å². The van der Waals surface area contributed by atoms with Gasteiger partial charge in [-0.25, -0.2) is 0 Å². The van der Waals surface area contributed by atoms with Crippen LogP contribution in [0.5, 0.6) is 5.75 Å². The molecule has 0 aliphatic carbocycles. The first-order valence-corrected chi connectivity index (χ1v) is 9.35. The number of aryl methyl sites for hydroxylation is 2. The second-order valence-electron chi connectivity index (χ2n) is 6.08. The van der Waals surface area contributed by atoms with Gasteiger partial charge in [-0.1, -0.05) is 29.5 Å². The Morgan fingerprint density at radius 1 is 1.22 bits per heavy atom. The van der Waals surface area contributed by atoms with E-state index < -0.39 is 6.10 Å². The van der Waals surface area contributed by atoms with E-state index in [9.17, 15) is 5.11 Å². The van der Waals surface area contributed by atoms with E-state index in [1.54, 1.807) is 28.9 Å². The van der Waals surface area contributed by atoms with Crippen LogP contribution in [0.25, 0.3) is 5.69 Å². The van der Waals surface area contributed by atoms with Gasteiger partial charge in [0.05, 0.1) is 23.4 Å². The molecule has 3 rings (SSSR count). The summed E-state index contributed by atoms with van der Waals surface area (Å²) in [6, 6.07) is 14.9. The number of aromatic nitrogens is 4. The molecule has 1 unspecified atom stereocenters. The van der Waals surface area contributed by atoms with Crippen molar-refractivity contribution < 1.29 is 9.84 Å². The van der Waals surface area contributed by atoms with Crippen molar-refractivity contribution in [1.29, 1.82) is 5.26 Å². The smallest absolute Gasteiger partial charge is 0.214 e. The summed E-state index contributed by atoms with van der Waals surface area (Å²) in [6.07, 6.45) is -0.685. The molecule has 0 bridgehead atoms. The molecule has 8 heteroatoms. The van der Waals surface area contributed by atoms with E-state index in [-0.39, 0.29) is 6.61 Å². The highest BCUT2D eigenvalue weighted by Crippen LogP contribution is 2.22. The molecule has 1 atom stereocenters. The number of hydrogen-bond donors (Lipinski definition) is 1. The molecule has 0 spiro atoms. The predicted octanol–water partition coefficient (Wildman–Crippen LogP) is 2.68. The standard InChI is InChI=1S/C19H19N5O2S/c1-13-3-8-18(14(2)9-13)24-19(21-22-23-24)27-12-16(25)11-26-17-6-4-15(10-20)5-7-17/h3-9,16,25H,11-12H2,1-2H3. The van der Waals surface area contributed by atoms with E-state index in [4.69, 9.17) is 10.00 Å². The van der Waals surface area contributed by atoms with Crippen LogP contribution in [-0.2, 0) is 0 Å². The summed E-state index contributed by atoms with van der Waals surface area (Å²) in [5, 5.41) is 31.4. The molecule has 0 amide bonds. The van der Waals surface area contributed by atoms with Crippen LogP contribution in [-0.4, -0.2) is 43.8 Å². The van der Waals surface area contributed by atoms with Crippen LogP contribution in [0, 0.1) is 25.2 Å². The SMILES string of the molecule is Cc1ccc(-n2nnnc2SCC(O)COc2ccc(C#N)cc2)c(C)c1. The van der Waals surface area contributed by atoms with Crippen molar-refractivity contribution >= 4 is 11.8 Å². The average molecular weight is 381 g/mol. The van der Waals surface area contributed by atoms with Crippen molar-refractivity contribution in [3.63, 3.8) is 0 Å². The number of hydrogen-bond acceptors (Lipinski definition) is 7. The van der Waals surface area contributed by atoms with Crippen molar-refractivity contribution in [2.75, 3.05) is 12.4 Å². The van der Waals surface area contributed by atoms with Gasteiger partial charge >= 0.3 is 0 Å². The highest BCUT2D eigenvalue weighted by molar-refractivity contribution is 7.99. The first kappa shape index (κ1) is 18.9. The molecule has 1 aromatic heterocycles. The van der Waals surface area contributed by atoms with E-state index in [1.807, 2.05) is 26.0 Å². The second kappa shape index (κ2) is 8.66. The van der Waals surface area contributed by atoms with Crippen LogP contribution in [0.3, 0.4) is 0 Å². The topological polar surface area (TPSA) is 96.8 Å². The number of nitriles is 1. The van der Waals surface area contributed by atoms with E-state index in [2.05, 4.69) is 27.7 Å². The number of ether oxygens (including phenoxy) is 1. The lowest BCUT2D eigenvalue weighted by Gasteiger charge is -2.12. The maximum absolute atomic E-state index is 10.2. The third-order valence-corrected chi connectivity index (χ3v) is 4.92. The average Bonchev–Trinajstić information content (AvgIpc) is 3.13. The van der Waals surface area contributed by atoms with E-state index in [0.717, 1.165) is 11.3 Å². The molecule has 1 heterocycles. The third kappa shape index (κ3) is 4.84. The molecule has 0 saturated heterocycles. The summed E-state index contributed by atoms with van der Waals surface area (Å²) < 4.78 is 7.23. The second-order valence-corrected chi connectivity index (χ2v) is 7.06. The molecule has 0 radical (unpaired) electrons. The minimum atomic E-state index is -0.685. The Morgan fingerprint density at radius 2 is 2.00 bits per heavy atom. The highest BCUT2D eigenvalue weighted by atomic mass is 32.2. The van der Waals surface area contributed by atoms with E-state index >= 15 is 0 Å². The molecule has 27 heavy (non-hydrogen) atoms. The van der Waals surface area contributed by atoms with Gasteiger partial charge in [-0.2, -0.15) is 9.94 Å². The normalized spacial score (nSPS) is 11.8. The minimum Gasteiger partial charge on any atom is -0.491 e. The van der Waals surface area contributed by atoms with Crippen LogP contribution in [0.15, 0.2) is 47.6 Å². The van der Waals surface area contributed by atoms with Gasteiger partial charge in [-0.15, -0.1) is 5.10 Å². The Bertz CT molecular complexity index is 949. The Balaban J connectivity index is 1.57. The van der Waals surface area contributed by atoms with Crippen molar-refractivity contribution in [1.82, 2.24) is 20.2 Å². The molecular formula is C19H19N5O2S. The lowest BCUT2D eigenvalue weighted by molar-refractivity contribution is 0.126. The molecule has 2 aromatic carbocycles. The van der Waals surface area contributed by atoms with Gasteiger partial charge in [0.15, 0.2) is 0 Å². The largest absolute Gasteiger partial charge is 0.491 e. The van der Waals surface area contributed by atoms with Gasteiger partial charge < -0.3 is 9.84 Å². The molecule has 1 N–H and O–H groups in total. The fourth-order valence-corrected chi connectivity index (χ4v) is 3.29. The lowest BCUT2D eigenvalue weighted by atomic mass is 10.1. The summed E-state index contributed by atoms with van der Waals surface area (Å²) in [5.74, 6) is 1.000. The van der Waals surface area contributed by atoms with Gasteiger partial charge in [0.2, 0.25) is 5.16 Å². The Labute approximate surface area is 161 Å². The highest BCUT2D eigenvalue weighted by Gasteiger charge is 2.14. The summed E-state index contributed by atoms with van der Waals surface area (Å²) in [7, 11) is 0. The van der Waals surface area contributed by atoms with E-state index in [0.29, 0.717) is 22.2 Å².